The van der Waals surface area contributed by atoms with Crippen LogP contribution < -0.4 is 9.47 Å². The number of thioether (sulfide) groups is 1. The summed E-state index contributed by atoms with van der Waals surface area (Å²) in [6, 6.07) is 26.1. The predicted octanol–water partition coefficient (Wildman–Crippen LogP) is 9.84. The van der Waals surface area contributed by atoms with Crippen molar-refractivity contribution >= 4 is 89.9 Å². The zero-order chi connectivity index (χ0) is 34.7. The molecule has 3 aliphatic rings. The lowest BCUT2D eigenvalue weighted by Crippen LogP contribution is -2.52. The Morgan fingerprint density at radius 3 is 2.38 bits per heavy atom. The number of nitrogens with zero attached hydrogens (tertiary/aromatic N) is 4. The lowest BCUT2D eigenvalue weighted by Gasteiger charge is -2.40. The number of carbonyl (C=O) groups is 1. The van der Waals surface area contributed by atoms with Crippen molar-refractivity contribution < 1.29 is 9.36 Å². The summed E-state index contributed by atoms with van der Waals surface area (Å²) in [5, 5.41) is 7.91. The summed E-state index contributed by atoms with van der Waals surface area (Å²) in [5.41, 5.74) is 6.68. The molecular weight excluding hydrogens is 673 g/mol. The maximum absolute atomic E-state index is 14.1. The van der Waals surface area contributed by atoms with Gasteiger partial charge in [0.1, 0.15) is 17.2 Å². The van der Waals surface area contributed by atoms with Crippen LogP contribution in [0.4, 0.5) is 5.69 Å². The van der Waals surface area contributed by atoms with Gasteiger partial charge in [0, 0.05) is 42.7 Å². The van der Waals surface area contributed by atoms with Crippen molar-refractivity contribution in [1.29, 1.82) is 0 Å². The summed E-state index contributed by atoms with van der Waals surface area (Å²) in [4.78, 5) is 21.2. The molecule has 0 bridgehead atoms. The molecular formula is C42H39N4OS3+. The monoisotopic (exact) mass is 711 g/mol. The molecule has 3 heterocycles. The highest BCUT2D eigenvalue weighted by Crippen LogP contribution is 2.50. The number of carbonyl (C=O) groups excluding carboxylic acids is 1. The fraction of sp³-hybridized carbons (Fsp3) is 0.214. The Hall–Kier alpha value is -4.50. The van der Waals surface area contributed by atoms with Gasteiger partial charge >= 0.3 is 0 Å². The number of hydrogen-bond acceptors (Lipinski definition) is 5. The minimum absolute atomic E-state index is 0.0271. The molecule has 1 fully saturated rings. The van der Waals surface area contributed by atoms with E-state index in [1.54, 1.807) is 11.9 Å². The number of hydrogen-bond donors (Lipinski definition) is 0. The van der Waals surface area contributed by atoms with Crippen LogP contribution >= 0.6 is 35.3 Å². The number of thiazole rings is 1. The maximum atomic E-state index is 14.1. The van der Waals surface area contributed by atoms with E-state index in [4.69, 9.17) is 12.2 Å². The van der Waals surface area contributed by atoms with Gasteiger partial charge in [-0.2, -0.15) is 4.57 Å². The second-order valence-electron chi connectivity index (χ2n) is 12.9. The van der Waals surface area contributed by atoms with Crippen LogP contribution in [0.1, 0.15) is 31.7 Å². The lowest BCUT2D eigenvalue weighted by atomic mass is 9.87. The third-order valence-corrected chi connectivity index (χ3v) is 13.1. The third kappa shape index (κ3) is 5.24. The molecule has 0 spiro atoms. The molecule has 2 aliphatic heterocycles. The van der Waals surface area contributed by atoms with Crippen molar-refractivity contribution in [3.63, 3.8) is 0 Å². The summed E-state index contributed by atoms with van der Waals surface area (Å²) >= 11 is 9.25. The summed E-state index contributed by atoms with van der Waals surface area (Å²) < 4.78 is 3.69. The van der Waals surface area contributed by atoms with Crippen molar-refractivity contribution in [2.24, 2.45) is 5.92 Å². The van der Waals surface area contributed by atoms with E-state index in [0.29, 0.717) is 5.11 Å². The molecule has 5 aromatic rings. The first-order valence-electron chi connectivity index (χ1n) is 17.2. The first-order chi connectivity index (χ1) is 24.3. The molecule has 1 aromatic heterocycles. The summed E-state index contributed by atoms with van der Waals surface area (Å²) in [5.74, 6) is -0.534. The fourth-order valence-corrected chi connectivity index (χ4v) is 10.2. The second kappa shape index (κ2) is 13.0. The van der Waals surface area contributed by atoms with Crippen molar-refractivity contribution in [2.45, 2.75) is 38.1 Å². The summed E-state index contributed by atoms with van der Waals surface area (Å²) in [6.07, 6.45) is 10.7. The van der Waals surface area contributed by atoms with Gasteiger partial charge in [-0.05, 0) is 90.7 Å². The molecule has 5 nitrogen and oxygen atoms in total. The molecule has 1 saturated heterocycles. The molecule has 1 atom stereocenters. The topological polar surface area (TPSA) is 30.7 Å². The van der Waals surface area contributed by atoms with Gasteiger partial charge in [-0.3, -0.25) is 9.69 Å². The highest BCUT2D eigenvalue weighted by atomic mass is 32.2. The molecule has 0 radical (unpaired) electrons. The second-order valence-corrected chi connectivity index (χ2v) is 15.4. The van der Waals surface area contributed by atoms with Crippen LogP contribution in [-0.2, 0) is 11.3 Å². The van der Waals surface area contributed by atoms with Crippen LogP contribution in [0, 0.1) is 5.92 Å². The van der Waals surface area contributed by atoms with E-state index in [0.717, 1.165) is 37.2 Å². The number of rotatable bonds is 6. The average molecular weight is 712 g/mol. The first-order valence-corrected chi connectivity index (χ1v) is 19.2. The normalized spacial score (nSPS) is 20.0. The highest BCUT2D eigenvalue weighted by molar-refractivity contribution is 8.03. The number of benzene rings is 4. The number of fused-ring (bicyclic) bond motifs is 6. The van der Waals surface area contributed by atoms with E-state index in [1.807, 2.05) is 35.0 Å². The molecule has 1 amide bonds. The van der Waals surface area contributed by atoms with Crippen LogP contribution in [0.15, 0.2) is 130 Å². The molecule has 8 heteroatoms. The number of anilines is 1. The SMILES string of the molecule is C=C1C(C2=C(C=Cc3sc4ccc5ccccc5c4[n+]3CC)CCC2=CC=C2Sc3ccc4ccccc4c3N2CC)C(=O)N(C)C(=S)N1C. The van der Waals surface area contributed by atoms with Crippen LogP contribution in [0.2, 0.25) is 0 Å². The highest BCUT2D eigenvalue weighted by Gasteiger charge is 2.41. The molecule has 1 aliphatic carbocycles. The number of aromatic nitrogens is 1. The minimum atomic E-state index is -0.507. The Morgan fingerprint density at radius 1 is 0.900 bits per heavy atom. The standard InChI is InChI=1S/C42H39N4OS3/c1-6-45-35(49-33-22-18-27-12-8-10-14-31(27)39(33)45)24-20-29-16-17-30(38(29)37-26(3)43(4)42(48)44(5)41(37)47)21-25-36-46(7-2)40-32-15-11-9-13-28(32)19-23-34(40)50-36/h8-15,18-25,37H,3,6-7,16-17H2,1-2,4-5H3/q+1. The van der Waals surface area contributed by atoms with Crippen molar-refractivity contribution in [1.82, 2.24) is 9.80 Å². The van der Waals surface area contributed by atoms with E-state index in [9.17, 15) is 4.79 Å². The Bertz CT molecular complexity index is 2370. The third-order valence-electron chi connectivity index (χ3n) is 10.3. The summed E-state index contributed by atoms with van der Waals surface area (Å²) in [7, 11) is 3.69. The predicted molar refractivity (Wildman–Crippen MR) is 215 cm³/mol. The van der Waals surface area contributed by atoms with Gasteiger partial charge in [0.15, 0.2) is 5.11 Å². The van der Waals surface area contributed by atoms with Gasteiger partial charge in [0.2, 0.25) is 11.4 Å². The number of allylic oxidation sites excluding steroid dienone is 5. The molecule has 50 heavy (non-hydrogen) atoms. The van der Waals surface area contributed by atoms with Crippen molar-refractivity contribution in [2.75, 3.05) is 25.5 Å². The van der Waals surface area contributed by atoms with E-state index in [2.05, 4.69) is 127 Å². The quantitative estimate of drug-likeness (QED) is 0.129. The lowest BCUT2D eigenvalue weighted by molar-refractivity contribution is -0.664. The molecule has 1 unspecified atom stereocenters. The van der Waals surface area contributed by atoms with Gasteiger partial charge in [0.25, 0.3) is 5.01 Å². The van der Waals surface area contributed by atoms with E-state index in [-0.39, 0.29) is 5.91 Å². The Labute approximate surface area is 307 Å². The molecule has 250 valence electrons. The van der Waals surface area contributed by atoms with Crippen LogP contribution in [0.5, 0.6) is 0 Å². The van der Waals surface area contributed by atoms with Crippen LogP contribution in [0.3, 0.4) is 0 Å². The smallest absolute Gasteiger partial charge is 0.262 e. The molecule has 0 N–H and O–H groups in total. The van der Waals surface area contributed by atoms with Gasteiger partial charge in [-0.15, -0.1) is 0 Å². The van der Waals surface area contributed by atoms with Gasteiger partial charge in [-0.25, -0.2) is 0 Å². The zero-order valence-electron chi connectivity index (χ0n) is 28.8. The molecule has 0 saturated carbocycles. The zero-order valence-corrected chi connectivity index (χ0v) is 31.2. The van der Waals surface area contributed by atoms with Gasteiger partial charge in [0.05, 0.1) is 16.1 Å². The van der Waals surface area contributed by atoms with Gasteiger partial charge in [-0.1, -0.05) is 96.4 Å². The summed E-state index contributed by atoms with van der Waals surface area (Å²) in [6.45, 7) is 10.6. The van der Waals surface area contributed by atoms with E-state index >= 15 is 0 Å². The fourth-order valence-electron chi connectivity index (χ4n) is 7.69. The Morgan fingerprint density at radius 2 is 1.62 bits per heavy atom. The maximum Gasteiger partial charge on any atom is 0.262 e. The Kier molecular flexibility index (Phi) is 8.50. The largest absolute Gasteiger partial charge is 0.335 e. The van der Waals surface area contributed by atoms with Crippen molar-refractivity contribution in [3.8, 4) is 0 Å². The Balaban J connectivity index is 1.23. The van der Waals surface area contributed by atoms with E-state index < -0.39 is 5.92 Å². The average Bonchev–Trinajstić information content (AvgIpc) is 3.84. The number of aryl methyl sites for hydroxylation is 1. The van der Waals surface area contributed by atoms with Crippen LogP contribution in [0.25, 0.3) is 37.8 Å². The number of amides is 1. The minimum Gasteiger partial charge on any atom is -0.335 e. The van der Waals surface area contributed by atoms with Crippen molar-refractivity contribution in [3.05, 3.63) is 130 Å². The molecule has 4 aromatic carbocycles. The first kappa shape index (κ1) is 32.7. The molecule has 8 rings (SSSR count). The number of thiocarbonyl (C=S) groups is 1. The van der Waals surface area contributed by atoms with Crippen LogP contribution in [-0.4, -0.2) is 41.5 Å². The van der Waals surface area contributed by atoms with Gasteiger partial charge < -0.3 is 9.80 Å². The van der Waals surface area contributed by atoms with E-state index in [1.165, 1.54) is 63.5 Å².